The van der Waals surface area contributed by atoms with Crippen LogP contribution in [-0.2, 0) is 17.9 Å². The Bertz CT molecular complexity index is 819. The molecule has 1 heterocycles. The second kappa shape index (κ2) is 9.42. The Morgan fingerprint density at radius 3 is 2.59 bits per heavy atom. The maximum absolute atomic E-state index is 13.0. The third-order valence-corrected chi connectivity index (χ3v) is 5.65. The monoisotopic (exact) mass is 396 g/mol. The number of piperidine rings is 1. The SMILES string of the molecule is COc1ccccc1CNC[C@@]1(O)CCCN(Cc2ccc(C(C)C)cc2)C1=O. The molecule has 2 aromatic rings. The van der Waals surface area contributed by atoms with E-state index in [0.29, 0.717) is 32.0 Å². The van der Waals surface area contributed by atoms with Crippen molar-refractivity contribution in [1.82, 2.24) is 10.2 Å². The molecule has 1 saturated heterocycles. The van der Waals surface area contributed by atoms with Gasteiger partial charge in [0.2, 0.25) is 0 Å². The summed E-state index contributed by atoms with van der Waals surface area (Å²) in [6, 6.07) is 16.2. The molecule has 1 fully saturated rings. The topological polar surface area (TPSA) is 61.8 Å². The molecule has 0 bridgehead atoms. The summed E-state index contributed by atoms with van der Waals surface area (Å²) in [7, 11) is 1.64. The molecule has 0 unspecified atom stereocenters. The highest BCUT2D eigenvalue weighted by Crippen LogP contribution is 2.25. The summed E-state index contributed by atoms with van der Waals surface area (Å²) in [5.74, 6) is 1.10. The molecule has 29 heavy (non-hydrogen) atoms. The highest BCUT2D eigenvalue weighted by molar-refractivity contribution is 5.86. The molecule has 2 N–H and O–H groups in total. The summed E-state index contributed by atoms with van der Waals surface area (Å²) in [5, 5.41) is 14.3. The van der Waals surface area contributed by atoms with Crippen LogP contribution in [-0.4, -0.2) is 41.7 Å². The number of rotatable bonds is 8. The lowest BCUT2D eigenvalue weighted by atomic mass is 9.91. The maximum atomic E-state index is 13.0. The zero-order chi connectivity index (χ0) is 20.9. The highest BCUT2D eigenvalue weighted by Gasteiger charge is 2.41. The number of ether oxygens (including phenoxy) is 1. The van der Waals surface area contributed by atoms with Gasteiger partial charge in [-0.2, -0.15) is 0 Å². The van der Waals surface area contributed by atoms with Crippen LogP contribution >= 0.6 is 0 Å². The number of carbonyl (C=O) groups is 1. The van der Waals surface area contributed by atoms with E-state index < -0.39 is 5.60 Å². The Labute approximate surface area is 173 Å². The van der Waals surface area contributed by atoms with Gasteiger partial charge in [-0.1, -0.05) is 56.3 Å². The minimum atomic E-state index is -1.36. The minimum absolute atomic E-state index is 0.191. The number of amides is 1. The van der Waals surface area contributed by atoms with Gasteiger partial charge in [0, 0.05) is 31.7 Å². The molecule has 5 nitrogen and oxygen atoms in total. The number of carbonyl (C=O) groups excluding carboxylic acids is 1. The first-order valence-electron chi connectivity index (χ1n) is 10.4. The third-order valence-electron chi connectivity index (χ3n) is 5.65. The van der Waals surface area contributed by atoms with Crippen LogP contribution in [0.1, 0.15) is 49.3 Å². The Hall–Kier alpha value is -2.37. The molecule has 0 saturated carbocycles. The summed E-state index contributed by atoms with van der Waals surface area (Å²) in [6.07, 6.45) is 1.27. The van der Waals surface area contributed by atoms with Crippen LogP contribution in [0, 0.1) is 0 Å². The second-order valence-corrected chi connectivity index (χ2v) is 8.17. The van der Waals surface area contributed by atoms with Crippen molar-refractivity contribution in [1.29, 1.82) is 0 Å². The molecule has 3 rings (SSSR count). The molecule has 0 aromatic heterocycles. The molecule has 0 spiro atoms. The van der Waals surface area contributed by atoms with Gasteiger partial charge in [-0.25, -0.2) is 0 Å². The fraction of sp³-hybridized carbons (Fsp3) is 0.458. The zero-order valence-corrected chi connectivity index (χ0v) is 17.6. The summed E-state index contributed by atoms with van der Waals surface area (Å²) >= 11 is 0. The predicted molar refractivity (Wildman–Crippen MR) is 115 cm³/mol. The molecule has 5 heteroatoms. The number of hydrogen-bond donors (Lipinski definition) is 2. The zero-order valence-electron chi connectivity index (χ0n) is 17.6. The van der Waals surface area contributed by atoms with Gasteiger partial charge in [0.15, 0.2) is 5.60 Å². The van der Waals surface area contributed by atoms with Gasteiger partial charge < -0.3 is 20.1 Å². The van der Waals surface area contributed by atoms with E-state index in [9.17, 15) is 9.90 Å². The molecule has 2 aromatic carbocycles. The van der Waals surface area contributed by atoms with Crippen LogP contribution < -0.4 is 10.1 Å². The maximum Gasteiger partial charge on any atom is 0.256 e. The largest absolute Gasteiger partial charge is 0.496 e. The molecule has 1 amide bonds. The fourth-order valence-corrected chi connectivity index (χ4v) is 3.86. The van der Waals surface area contributed by atoms with Crippen LogP contribution in [0.25, 0.3) is 0 Å². The summed E-state index contributed by atoms with van der Waals surface area (Å²) in [4.78, 5) is 14.8. The van der Waals surface area contributed by atoms with E-state index in [1.165, 1.54) is 5.56 Å². The van der Waals surface area contributed by atoms with Gasteiger partial charge in [-0.05, 0) is 36.0 Å². The van der Waals surface area contributed by atoms with Crippen molar-refractivity contribution in [3.63, 3.8) is 0 Å². The van der Waals surface area contributed by atoms with Crippen molar-refractivity contribution in [2.75, 3.05) is 20.2 Å². The Kier molecular flexibility index (Phi) is 6.93. The van der Waals surface area contributed by atoms with Gasteiger partial charge >= 0.3 is 0 Å². The summed E-state index contributed by atoms with van der Waals surface area (Å²) in [6.45, 7) is 6.32. The van der Waals surface area contributed by atoms with Crippen LogP contribution in [0.15, 0.2) is 48.5 Å². The molecular weight excluding hydrogens is 364 g/mol. The quantitative estimate of drug-likeness (QED) is 0.717. The van der Waals surface area contributed by atoms with Crippen molar-refractivity contribution in [3.8, 4) is 5.75 Å². The third kappa shape index (κ3) is 5.17. The van der Waals surface area contributed by atoms with Crippen LogP contribution in [0.3, 0.4) is 0 Å². The van der Waals surface area contributed by atoms with Crippen LogP contribution in [0.4, 0.5) is 0 Å². The lowest BCUT2D eigenvalue weighted by molar-refractivity contribution is -0.157. The molecule has 1 atom stereocenters. The van der Waals surface area contributed by atoms with Crippen molar-refractivity contribution in [2.45, 2.75) is 51.3 Å². The number of nitrogens with zero attached hydrogens (tertiary/aromatic N) is 1. The number of methoxy groups -OCH3 is 1. The Balaban J connectivity index is 1.60. The van der Waals surface area contributed by atoms with E-state index >= 15 is 0 Å². The van der Waals surface area contributed by atoms with Crippen molar-refractivity contribution in [2.24, 2.45) is 0 Å². The second-order valence-electron chi connectivity index (χ2n) is 8.17. The van der Waals surface area contributed by atoms with E-state index in [-0.39, 0.29) is 12.5 Å². The van der Waals surface area contributed by atoms with Crippen LogP contribution in [0.2, 0.25) is 0 Å². The number of benzene rings is 2. The van der Waals surface area contributed by atoms with Gasteiger partial charge in [0.1, 0.15) is 5.75 Å². The van der Waals surface area contributed by atoms with Gasteiger partial charge in [-0.3, -0.25) is 4.79 Å². The van der Waals surface area contributed by atoms with E-state index in [1.807, 2.05) is 24.3 Å². The Morgan fingerprint density at radius 1 is 1.17 bits per heavy atom. The first-order chi connectivity index (χ1) is 13.9. The number of hydrogen-bond acceptors (Lipinski definition) is 4. The fourth-order valence-electron chi connectivity index (χ4n) is 3.86. The summed E-state index contributed by atoms with van der Waals surface area (Å²) in [5.41, 5.74) is 2.02. The van der Waals surface area contributed by atoms with Crippen LogP contribution in [0.5, 0.6) is 5.75 Å². The standard InChI is InChI=1S/C24H32N2O3/c1-18(2)20-11-9-19(10-12-20)16-26-14-6-13-24(28,23(26)27)17-25-15-21-7-4-5-8-22(21)29-3/h4-5,7-12,18,25,28H,6,13-17H2,1-3H3/t24-/m0/s1. The van der Waals surface area contributed by atoms with Gasteiger partial charge in [-0.15, -0.1) is 0 Å². The average molecular weight is 397 g/mol. The Morgan fingerprint density at radius 2 is 1.90 bits per heavy atom. The molecule has 156 valence electrons. The molecule has 1 aliphatic heterocycles. The lowest BCUT2D eigenvalue weighted by Gasteiger charge is -2.38. The molecule has 1 aliphatic rings. The first kappa shape index (κ1) is 21.3. The minimum Gasteiger partial charge on any atom is -0.496 e. The average Bonchev–Trinajstić information content (AvgIpc) is 2.72. The number of para-hydroxylation sites is 1. The van der Waals surface area contributed by atoms with E-state index in [2.05, 4.69) is 43.4 Å². The predicted octanol–water partition coefficient (Wildman–Crippen LogP) is 3.46. The number of likely N-dealkylation sites (tertiary alicyclic amines) is 1. The van der Waals surface area contributed by atoms with E-state index in [4.69, 9.17) is 4.74 Å². The van der Waals surface area contributed by atoms with Gasteiger partial charge in [0.05, 0.1) is 7.11 Å². The molecule has 0 aliphatic carbocycles. The number of aliphatic hydroxyl groups is 1. The van der Waals surface area contributed by atoms with Gasteiger partial charge in [0.25, 0.3) is 5.91 Å². The van der Waals surface area contributed by atoms with E-state index in [0.717, 1.165) is 23.3 Å². The highest BCUT2D eigenvalue weighted by atomic mass is 16.5. The number of nitrogens with one attached hydrogen (secondary N) is 1. The van der Waals surface area contributed by atoms with Crippen molar-refractivity contribution < 1.29 is 14.6 Å². The van der Waals surface area contributed by atoms with Crippen molar-refractivity contribution >= 4 is 5.91 Å². The summed E-state index contributed by atoms with van der Waals surface area (Å²) < 4.78 is 5.36. The first-order valence-corrected chi connectivity index (χ1v) is 10.4. The smallest absolute Gasteiger partial charge is 0.256 e. The normalized spacial score (nSPS) is 19.6. The lowest BCUT2D eigenvalue weighted by Crippen LogP contribution is -2.57. The molecular formula is C24H32N2O3. The van der Waals surface area contributed by atoms with Crippen molar-refractivity contribution in [3.05, 3.63) is 65.2 Å². The van der Waals surface area contributed by atoms with E-state index in [1.54, 1.807) is 12.0 Å². The molecule has 0 radical (unpaired) electrons.